The largest absolute Gasteiger partial charge is 0.494 e. The number of halogens is 1. The first kappa shape index (κ1) is 23.7. The molecule has 11 nitrogen and oxygen atoms in total. The molecule has 1 aromatic heterocycles. The highest BCUT2D eigenvalue weighted by atomic mass is 19.1. The summed E-state index contributed by atoms with van der Waals surface area (Å²) < 4.78 is 20.0. The van der Waals surface area contributed by atoms with Gasteiger partial charge in [-0.15, -0.1) is 0 Å². The molecule has 2 heterocycles. The van der Waals surface area contributed by atoms with Crippen LogP contribution < -0.4 is 26.0 Å². The third-order valence-electron chi connectivity index (χ3n) is 6.82. The first-order chi connectivity index (χ1) is 17.2. The molecule has 4 N–H and O–H groups in total. The molecule has 36 heavy (non-hydrogen) atoms. The standard InChI is InChI=1S/C24H26FN7O4/c1-31-10-18(33)32(19(34)11-31)16-6-5-14(8-17(16)36-2)28-24-27-9-15(25)23(30-24)29-21-13-4-3-12(7-13)20(21)22(26)35/h3-6,8-9,12-13,20-21H,7,10-11H2,1-2H3,(H2,26,35)(H2,27,28,29,30). The van der Waals surface area contributed by atoms with Gasteiger partial charge in [-0.05, 0) is 37.4 Å². The Hall–Kier alpha value is -4.06. The number of carbonyl (C=O) groups excluding carboxylic acids is 3. The van der Waals surface area contributed by atoms with E-state index in [0.717, 1.165) is 17.5 Å². The first-order valence-corrected chi connectivity index (χ1v) is 11.5. The van der Waals surface area contributed by atoms with Gasteiger partial charge in [0.2, 0.25) is 23.7 Å². The van der Waals surface area contributed by atoms with E-state index >= 15 is 0 Å². The molecule has 188 valence electrons. The van der Waals surface area contributed by atoms with Crippen molar-refractivity contribution < 1.29 is 23.5 Å². The van der Waals surface area contributed by atoms with Crippen LogP contribution in [0.3, 0.4) is 0 Å². The van der Waals surface area contributed by atoms with Gasteiger partial charge in [-0.25, -0.2) is 14.3 Å². The van der Waals surface area contributed by atoms with Crippen LogP contribution in [0.1, 0.15) is 6.42 Å². The summed E-state index contributed by atoms with van der Waals surface area (Å²) in [4.78, 5) is 48.0. The topological polar surface area (TPSA) is 143 Å². The minimum atomic E-state index is -0.657. The van der Waals surface area contributed by atoms with Gasteiger partial charge in [0.25, 0.3) is 0 Å². The predicted molar refractivity (Wildman–Crippen MR) is 129 cm³/mol. The maximum absolute atomic E-state index is 14.6. The molecule has 3 amide bonds. The van der Waals surface area contributed by atoms with Crippen LogP contribution in [0.4, 0.5) is 27.5 Å². The molecule has 3 aliphatic rings. The first-order valence-electron chi connectivity index (χ1n) is 11.5. The van der Waals surface area contributed by atoms with Gasteiger partial charge in [-0.3, -0.25) is 19.3 Å². The van der Waals surface area contributed by atoms with Gasteiger partial charge in [0.15, 0.2) is 11.6 Å². The van der Waals surface area contributed by atoms with Crippen LogP contribution in [0.15, 0.2) is 36.5 Å². The van der Waals surface area contributed by atoms with E-state index in [1.165, 1.54) is 7.11 Å². The van der Waals surface area contributed by atoms with Crippen LogP contribution in [-0.2, 0) is 14.4 Å². The van der Waals surface area contributed by atoms with Crippen molar-refractivity contribution in [3.8, 4) is 5.75 Å². The summed E-state index contributed by atoms with van der Waals surface area (Å²) in [6.45, 7) is 0.228. The number of hydrogen-bond donors (Lipinski definition) is 3. The number of likely N-dealkylation sites (N-methyl/N-ethyl adjacent to an activating group) is 1. The van der Waals surface area contributed by atoms with Crippen molar-refractivity contribution in [3.05, 3.63) is 42.4 Å². The van der Waals surface area contributed by atoms with E-state index in [-0.39, 0.29) is 54.5 Å². The van der Waals surface area contributed by atoms with Crippen LogP contribution in [0, 0.1) is 23.6 Å². The zero-order valence-electron chi connectivity index (χ0n) is 19.8. The van der Waals surface area contributed by atoms with Crippen LogP contribution in [0.5, 0.6) is 5.75 Å². The Morgan fingerprint density at radius 2 is 1.92 bits per heavy atom. The Morgan fingerprint density at radius 3 is 2.61 bits per heavy atom. The zero-order valence-corrected chi connectivity index (χ0v) is 19.8. The number of nitrogens with zero attached hydrogens (tertiary/aromatic N) is 4. The number of ether oxygens (including phenoxy) is 1. The zero-order chi connectivity index (χ0) is 25.6. The molecule has 2 bridgehead atoms. The van der Waals surface area contributed by atoms with Crippen molar-refractivity contribution in [1.82, 2.24) is 14.9 Å². The summed E-state index contributed by atoms with van der Waals surface area (Å²) in [6, 6.07) is 4.47. The normalized spacial score (nSPS) is 25.4. The monoisotopic (exact) mass is 495 g/mol. The van der Waals surface area contributed by atoms with Crippen molar-refractivity contribution in [2.24, 2.45) is 23.5 Å². The van der Waals surface area contributed by atoms with Gasteiger partial charge in [-0.1, -0.05) is 12.2 Å². The molecule has 1 saturated carbocycles. The lowest BCUT2D eigenvalue weighted by molar-refractivity contribution is -0.131. The predicted octanol–water partition coefficient (Wildman–Crippen LogP) is 1.26. The molecule has 1 saturated heterocycles. The second-order valence-electron chi connectivity index (χ2n) is 9.24. The van der Waals surface area contributed by atoms with E-state index in [4.69, 9.17) is 10.5 Å². The van der Waals surface area contributed by atoms with E-state index in [2.05, 4.69) is 20.6 Å². The van der Waals surface area contributed by atoms with Crippen molar-refractivity contribution >= 4 is 40.9 Å². The minimum Gasteiger partial charge on any atom is -0.494 e. The summed E-state index contributed by atoms with van der Waals surface area (Å²) >= 11 is 0. The lowest BCUT2D eigenvalue weighted by Gasteiger charge is -2.31. The average Bonchev–Trinajstić information content (AvgIpc) is 3.43. The fourth-order valence-corrected chi connectivity index (χ4v) is 5.23. The number of fused-ring (bicyclic) bond motifs is 2. The quantitative estimate of drug-likeness (QED) is 0.382. The lowest BCUT2D eigenvalue weighted by atomic mass is 9.88. The maximum atomic E-state index is 14.6. The summed E-state index contributed by atoms with van der Waals surface area (Å²) in [5.41, 5.74) is 6.43. The van der Waals surface area contributed by atoms with Gasteiger partial charge < -0.3 is 21.1 Å². The number of hydrogen-bond acceptors (Lipinski definition) is 9. The molecule has 4 unspecified atom stereocenters. The molecule has 1 aliphatic heterocycles. The molecule has 0 spiro atoms. The van der Waals surface area contributed by atoms with Crippen LogP contribution >= 0.6 is 0 Å². The Balaban J connectivity index is 1.36. The highest BCUT2D eigenvalue weighted by Gasteiger charge is 2.47. The molecule has 2 aliphatic carbocycles. The molecular weight excluding hydrogens is 469 g/mol. The van der Waals surface area contributed by atoms with E-state index < -0.39 is 17.6 Å². The van der Waals surface area contributed by atoms with Crippen LogP contribution in [0.25, 0.3) is 0 Å². The molecule has 2 fully saturated rings. The molecule has 1 aromatic carbocycles. The van der Waals surface area contributed by atoms with Gasteiger partial charge >= 0.3 is 0 Å². The van der Waals surface area contributed by atoms with E-state index in [1.54, 1.807) is 30.1 Å². The average molecular weight is 496 g/mol. The number of allylic oxidation sites excluding steroid dienone is 1. The fraction of sp³-hybridized carbons (Fsp3) is 0.375. The number of primary amides is 1. The molecule has 2 aromatic rings. The molecule has 0 radical (unpaired) electrons. The summed E-state index contributed by atoms with van der Waals surface area (Å²) in [7, 11) is 3.13. The Kier molecular flexibility index (Phi) is 6.04. The number of nitrogens with two attached hydrogens (primary N) is 1. The van der Waals surface area contributed by atoms with Crippen LogP contribution in [0.2, 0.25) is 0 Å². The number of anilines is 4. The third kappa shape index (κ3) is 4.24. The fourth-order valence-electron chi connectivity index (χ4n) is 5.23. The van der Waals surface area contributed by atoms with Crippen molar-refractivity contribution in [2.45, 2.75) is 12.5 Å². The highest BCUT2D eigenvalue weighted by Crippen LogP contribution is 2.45. The number of benzene rings is 1. The summed E-state index contributed by atoms with van der Waals surface area (Å²) in [6.07, 6.45) is 5.83. The Labute approximate surface area is 206 Å². The minimum absolute atomic E-state index is 0.0394. The van der Waals surface area contributed by atoms with Crippen molar-refractivity contribution in [3.63, 3.8) is 0 Å². The SMILES string of the molecule is COc1cc(Nc2ncc(F)c(NC3C4C=CC(C4)C3C(N)=O)n2)ccc1N1C(=O)CN(C)CC1=O. The van der Waals surface area contributed by atoms with E-state index in [1.807, 2.05) is 12.2 Å². The number of imide groups is 1. The Bertz CT molecular complexity index is 1250. The van der Waals surface area contributed by atoms with Gasteiger partial charge in [0, 0.05) is 17.8 Å². The number of piperazine rings is 1. The van der Waals surface area contributed by atoms with Gasteiger partial charge in [0.05, 0.1) is 38.0 Å². The van der Waals surface area contributed by atoms with Gasteiger partial charge in [-0.2, -0.15) is 4.98 Å². The smallest absolute Gasteiger partial charge is 0.248 e. The second-order valence-corrected chi connectivity index (χ2v) is 9.24. The van der Waals surface area contributed by atoms with Crippen molar-refractivity contribution in [2.75, 3.05) is 42.8 Å². The molecular formula is C24H26FN7O4. The summed E-state index contributed by atoms with van der Waals surface area (Å²) in [5, 5.41) is 6.05. The maximum Gasteiger partial charge on any atom is 0.248 e. The van der Waals surface area contributed by atoms with E-state index in [0.29, 0.717) is 17.1 Å². The summed E-state index contributed by atoms with van der Waals surface area (Å²) in [5.74, 6) is -1.76. The molecule has 12 heteroatoms. The van der Waals surface area contributed by atoms with Gasteiger partial charge in [0.1, 0.15) is 5.75 Å². The number of rotatable bonds is 7. The lowest BCUT2D eigenvalue weighted by Crippen LogP contribution is -2.52. The number of nitrogens with one attached hydrogen (secondary N) is 2. The van der Waals surface area contributed by atoms with Crippen LogP contribution in [-0.4, -0.2) is 65.9 Å². The third-order valence-corrected chi connectivity index (χ3v) is 6.82. The highest BCUT2D eigenvalue weighted by molar-refractivity contribution is 6.18. The van der Waals surface area contributed by atoms with Crippen molar-refractivity contribution in [1.29, 1.82) is 0 Å². The van der Waals surface area contributed by atoms with E-state index in [9.17, 15) is 18.8 Å². The second kappa shape index (κ2) is 9.19. The Morgan fingerprint density at radius 1 is 1.19 bits per heavy atom. The number of aromatic nitrogens is 2. The molecule has 4 atom stereocenters. The molecule has 5 rings (SSSR count). The number of amides is 3. The number of methoxy groups -OCH3 is 1. The number of carbonyl (C=O) groups is 3.